The number of fused-ring (bicyclic) bond motifs is 1. The van der Waals surface area contributed by atoms with Gasteiger partial charge in [-0.1, -0.05) is 45.2 Å². The van der Waals surface area contributed by atoms with Crippen LogP contribution in [0.15, 0.2) is 34.8 Å². The van der Waals surface area contributed by atoms with Crippen molar-refractivity contribution in [2.75, 3.05) is 5.32 Å². The summed E-state index contributed by atoms with van der Waals surface area (Å²) in [4.78, 5) is 12.1. The third-order valence-electron chi connectivity index (χ3n) is 3.11. The molecule has 3 nitrogen and oxygen atoms in total. The number of carbonyl (C=O) groups is 1. The summed E-state index contributed by atoms with van der Waals surface area (Å²) in [6.45, 7) is 0. The van der Waals surface area contributed by atoms with Crippen LogP contribution in [0.5, 0.6) is 5.75 Å². The van der Waals surface area contributed by atoms with Crippen LogP contribution in [0.2, 0.25) is 10.0 Å². The number of carbonyl (C=O) groups excluding carboxylic acids is 1. The smallest absolute Gasteiger partial charge is 0.256 e. The van der Waals surface area contributed by atoms with Gasteiger partial charge in [0, 0.05) is 15.6 Å². The summed E-state index contributed by atoms with van der Waals surface area (Å²) in [5.74, 6) is -0.357. The Morgan fingerprint density at radius 1 is 1.14 bits per heavy atom. The van der Waals surface area contributed by atoms with Crippen molar-refractivity contribution in [2.24, 2.45) is 0 Å². The molecule has 0 fully saturated rings. The molecule has 0 unspecified atom stereocenters. The predicted molar refractivity (Wildman–Crippen MR) is 88.8 cm³/mol. The van der Waals surface area contributed by atoms with Crippen LogP contribution in [0, 0.1) is 0 Å². The average Bonchev–Trinajstić information content (AvgIpc) is 2.71. The maximum absolute atomic E-state index is 12.1. The number of anilines is 1. The lowest BCUT2D eigenvalue weighted by molar-refractivity contribution is -0.110. The molecule has 0 saturated carbocycles. The Balaban J connectivity index is 2.11. The molecule has 2 aromatic carbocycles. The Kier molecular flexibility index (Phi) is 3.69. The molecule has 1 aliphatic rings. The highest BCUT2D eigenvalue weighted by Gasteiger charge is 2.24. The number of halogens is 3. The Morgan fingerprint density at radius 3 is 2.48 bits per heavy atom. The lowest BCUT2D eigenvalue weighted by atomic mass is 10.0. The highest BCUT2D eigenvalue weighted by atomic mass is 79.9. The fraction of sp³-hybridized carbons (Fsp3) is 0. The Labute approximate surface area is 139 Å². The van der Waals surface area contributed by atoms with Crippen LogP contribution in [0.3, 0.4) is 0 Å². The highest BCUT2D eigenvalue weighted by molar-refractivity contribution is 9.10. The number of aromatic hydroxyl groups is 1. The minimum Gasteiger partial charge on any atom is -0.505 e. The van der Waals surface area contributed by atoms with Crippen LogP contribution >= 0.6 is 39.1 Å². The summed E-state index contributed by atoms with van der Waals surface area (Å²) in [5, 5.41) is 12.6. The van der Waals surface area contributed by atoms with E-state index in [9.17, 15) is 9.90 Å². The van der Waals surface area contributed by atoms with Crippen LogP contribution < -0.4 is 5.32 Å². The van der Waals surface area contributed by atoms with E-state index in [1.807, 2.05) is 18.2 Å². The van der Waals surface area contributed by atoms with E-state index in [1.54, 1.807) is 18.2 Å². The fourth-order valence-electron chi connectivity index (χ4n) is 2.15. The number of rotatable bonds is 1. The lowest BCUT2D eigenvalue weighted by Crippen LogP contribution is -2.03. The van der Waals surface area contributed by atoms with Crippen molar-refractivity contribution in [3.05, 3.63) is 56.0 Å². The molecular weight excluding hydrogens is 377 g/mol. The molecule has 21 heavy (non-hydrogen) atoms. The van der Waals surface area contributed by atoms with Crippen molar-refractivity contribution in [2.45, 2.75) is 0 Å². The van der Waals surface area contributed by atoms with Crippen LogP contribution in [0.1, 0.15) is 11.1 Å². The highest BCUT2D eigenvalue weighted by Crippen LogP contribution is 2.37. The van der Waals surface area contributed by atoms with Crippen molar-refractivity contribution in [1.82, 2.24) is 0 Å². The Bertz CT molecular complexity index is 779. The molecule has 106 valence electrons. The monoisotopic (exact) mass is 383 g/mol. The molecule has 0 spiro atoms. The maximum atomic E-state index is 12.1. The summed E-state index contributed by atoms with van der Waals surface area (Å²) in [6.07, 6.45) is 1.69. The van der Waals surface area contributed by atoms with Gasteiger partial charge in [0.25, 0.3) is 5.91 Å². The third kappa shape index (κ3) is 2.67. The first kappa shape index (κ1) is 14.4. The van der Waals surface area contributed by atoms with Gasteiger partial charge < -0.3 is 10.4 Å². The molecular formula is C15H8BrCl2NO2. The summed E-state index contributed by atoms with van der Waals surface area (Å²) in [6, 6.07) is 8.67. The van der Waals surface area contributed by atoms with Gasteiger partial charge in [-0.3, -0.25) is 4.79 Å². The minimum atomic E-state index is -0.191. The van der Waals surface area contributed by atoms with Crippen LogP contribution in [0.25, 0.3) is 11.6 Å². The van der Waals surface area contributed by atoms with Crippen LogP contribution in [-0.2, 0) is 4.79 Å². The summed E-state index contributed by atoms with van der Waals surface area (Å²) < 4.78 is 0.888. The Hall–Kier alpha value is -1.49. The number of benzene rings is 2. The Morgan fingerprint density at radius 2 is 1.81 bits per heavy atom. The molecule has 0 radical (unpaired) electrons. The summed E-state index contributed by atoms with van der Waals surface area (Å²) in [7, 11) is 0. The van der Waals surface area contributed by atoms with Gasteiger partial charge in [-0.15, -0.1) is 0 Å². The molecule has 1 heterocycles. The lowest BCUT2D eigenvalue weighted by Gasteiger charge is -2.03. The standard InChI is InChI=1S/C15H8BrCl2NO2/c16-8-1-2-9-10(15(21)19-13(9)6-8)3-7-4-11(17)14(20)12(18)5-7/h1-6,20H,(H,19,21)/b10-3-. The number of phenols is 1. The second-order valence-electron chi connectivity index (χ2n) is 4.54. The first-order valence-electron chi connectivity index (χ1n) is 5.96. The minimum absolute atomic E-state index is 0.142. The van der Waals surface area contributed by atoms with E-state index >= 15 is 0 Å². The van der Waals surface area contributed by atoms with Gasteiger partial charge in [0.05, 0.1) is 15.7 Å². The van der Waals surface area contributed by atoms with E-state index < -0.39 is 0 Å². The topological polar surface area (TPSA) is 49.3 Å². The van der Waals surface area contributed by atoms with Crippen molar-refractivity contribution in [3.63, 3.8) is 0 Å². The van der Waals surface area contributed by atoms with Crippen molar-refractivity contribution in [3.8, 4) is 5.75 Å². The zero-order valence-electron chi connectivity index (χ0n) is 10.5. The molecule has 2 N–H and O–H groups in total. The van der Waals surface area contributed by atoms with Gasteiger partial charge in [-0.05, 0) is 35.9 Å². The molecule has 0 aromatic heterocycles. The fourth-order valence-corrected chi connectivity index (χ4v) is 3.01. The largest absolute Gasteiger partial charge is 0.505 e. The van der Waals surface area contributed by atoms with Gasteiger partial charge in [0.1, 0.15) is 0 Å². The molecule has 0 atom stereocenters. The van der Waals surface area contributed by atoms with Gasteiger partial charge in [-0.2, -0.15) is 0 Å². The first-order valence-corrected chi connectivity index (χ1v) is 7.51. The number of hydrogen-bond donors (Lipinski definition) is 2. The molecule has 0 aliphatic carbocycles. The second-order valence-corrected chi connectivity index (χ2v) is 6.27. The van der Waals surface area contributed by atoms with E-state index in [-0.39, 0.29) is 21.7 Å². The van der Waals surface area contributed by atoms with Crippen molar-refractivity contribution in [1.29, 1.82) is 0 Å². The molecule has 3 rings (SSSR count). The quantitative estimate of drug-likeness (QED) is 0.683. The van der Waals surface area contributed by atoms with E-state index in [1.165, 1.54) is 0 Å². The van der Waals surface area contributed by atoms with E-state index in [0.29, 0.717) is 11.1 Å². The summed E-state index contributed by atoms with van der Waals surface area (Å²) >= 11 is 15.1. The normalized spacial score (nSPS) is 15.2. The molecule has 1 aliphatic heterocycles. The second kappa shape index (κ2) is 5.37. The third-order valence-corrected chi connectivity index (χ3v) is 4.18. The zero-order valence-corrected chi connectivity index (χ0v) is 13.6. The van der Waals surface area contributed by atoms with Crippen LogP contribution in [-0.4, -0.2) is 11.0 Å². The van der Waals surface area contributed by atoms with Crippen molar-refractivity contribution >= 4 is 62.4 Å². The van der Waals surface area contributed by atoms with Gasteiger partial charge >= 0.3 is 0 Å². The molecule has 2 aromatic rings. The zero-order chi connectivity index (χ0) is 15.1. The van der Waals surface area contributed by atoms with E-state index in [2.05, 4.69) is 21.2 Å². The van der Waals surface area contributed by atoms with Gasteiger partial charge in [-0.25, -0.2) is 0 Å². The molecule has 6 heteroatoms. The molecule has 0 saturated heterocycles. The first-order chi connectivity index (χ1) is 9.95. The molecule has 0 bridgehead atoms. The SMILES string of the molecule is O=C1Nc2cc(Br)ccc2/C1=C/c1cc(Cl)c(O)c(Cl)c1. The maximum Gasteiger partial charge on any atom is 0.256 e. The van der Waals surface area contributed by atoms with Crippen molar-refractivity contribution < 1.29 is 9.90 Å². The molecule has 1 amide bonds. The number of amides is 1. The van der Waals surface area contributed by atoms with Gasteiger partial charge in [0.2, 0.25) is 0 Å². The number of phenolic OH excluding ortho intramolecular Hbond substituents is 1. The summed E-state index contributed by atoms with van der Waals surface area (Å²) in [5.41, 5.74) is 2.72. The predicted octanol–water partition coefficient (Wildman–Crippen LogP) is 4.95. The van der Waals surface area contributed by atoms with Crippen LogP contribution in [0.4, 0.5) is 5.69 Å². The van der Waals surface area contributed by atoms with Gasteiger partial charge in [0.15, 0.2) is 5.75 Å². The number of hydrogen-bond acceptors (Lipinski definition) is 2. The number of nitrogens with one attached hydrogen (secondary N) is 1. The average molecular weight is 385 g/mol. The van der Waals surface area contributed by atoms with E-state index in [4.69, 9.17) is 23.2 Å². The van der Waals surface area contributed by atoms with E-state index in [0.717, 1.165) is 15.7 Å².